The molecule has 35 heavy (non-hydrogen) atoms. The molecule has 3 aromatic rings. The summed E-state index contributed by atoms with van der Waals surface area (Å²) in [7, 11) is 0. The highest BCUT2D eigenvalue weighted by Gasteiger charge is 2.43. The Kier molecular flexibility index (Phi) is 8.12. The first kappa shape index (κ1) is 26.4. The van der Waals surface area contributed by atoms with Gasteiger partial charge in [0.2, 0.25) is 0 Å². The van der Waals surface area contributed by atoms with E-state index in [0.29, 0.717) is 18.1 Å². The van der Waals surface area contributed by atoms with E-state index in [2.05, 4.69) is 52.0 Å². The normalized spacial score (nSPS) is 25.7. The third-order valence-electron chi connectivity index (χ3n) is 8.84. The van der Waals surface area contributed by atoms with Gasteiger partial charge in [-0.15, -0.1) is 24.8 Å². The van der Waals surface area contributed by atoms with Crippen LogP contribution in [-0.4, -0.2) is 46.2 Å². The molecular formula is C28H37Cl2FN4. The molecule has 0 unspecified atom stereocenters. The van der Waals surface area contributed by atoms with E-state index in [9.17, 15) is 4.39 Å². The van der Waals surface area contributed by atoms with Crippen LogP contribution in [0.4, 0.5) is 4.39 Å². The number of para-hydroxylation sites is 2. The summed E-state index contributed by atoms with van der Waals surface area (Å²) in [6.45, 7) is 5.34. The molecule has 1 aromatic heterocycles. The lowest BCUT2D eigenvalue weighted by Gasteiger charge is -2.44. The van der Waals surface area contributed by atoms with Gasteiger partial charge in [0.05, 0.1) is 11.0 Å². The van der Waals surface area contributed by atoms with E-state index in [4.69, 9.17) is 4.98 Å². The Morgan fingerprint density at radius 3 is 2.40 bits per heavy atom. The molecule has 7 heteroatoms. The van der Waals surface area contributed by atoms with Gasteiger partial charge >= 0.3 is 0 Å². The summed E-state index contributed by atoms with van der Waals surface area (Å²) in [5, 5.41) is 3.52. The van der Waals surface area contributed by atoms with Gasteiger partial charge < -0.3 is 9.88 Å². The minimum atomic E-state index is -0.103. The fourth-order valence-electron chi connectivity index (χ4n) is 7.20. The minimum absolute atomic E-state index is 0. The Bertz CT molecular complexity index is 1130. The third-order valence-corrected chi connectivity index (χ3v) is 8.84. The zero-order valence-electron chi connectivity index (χ0n) is 20.5. The smallest absolute Gasteiger partial charge is 0.123 e. The molecule has 0 spiro atoms. The number of piperidine rings is 2. The lowest BCUT2D eigenvalue weighted by atomic mass is 9.70. The van der Waals surface area contributed by atoms with E-state index in [1.54, 1.807) is 12.1 Å². The number of aryl methyl sites for hydroxylation is 1. The van der Waals surface area contributed by atoms with Gasteiger partial charge in [-0.1, -0.05) is 24.3 Å². The molecule has 6 rings (SSSR count). The summed E-state index contributed by atoms with van der Waals surface area (Å²) in [5.74, 6) is 1.04. The largest absolute Gasteiger partial charge is 0.325 e. The van der Waals surface area contributed by atoms with Crippen molar-refractivity contribution in [2.75, 3.05) is 19.6 Å². The van der Waals surface area contributed by atoms with Crippen LogP contribution >= 0.6 is 24.8 Å². The molecule has 0 amide bonds. The molecule has 2 aromatic carbocycles. The number of rotatable bonds is 5. The predicted molar refractivity (Wildman–Crippen MR) is 146 cm³/mol. The summed E-state index contributed by atoms with van der Waals surface area (Å²) in [6, 6.07) is 17.8. The summed E-state index contributed by atoms with van der Waals surface area (Å²) in [6.07, 6.45) is 8.37. The van der Waals surface area contributed by atoms with E-state index < -0.39 is 0 Å². The Balaban J connectivity index is 0.00000144. The van der Waals surface area contributed by atoms with Crippen molar-refractivity contribution in [3.05, 3.63) is 65.7 Å². The van der Waals surface area contributed by atoms with Crippen LogP contribution in [0.3, 0.4) is 0 Å². The molecular weight excluding hydrogens is 482 g/mol. The maximum Gasteiger partial charge on any atom is 0.123 e. The van der Waals surface area contributed by atoms with Gasteiger partial charge in [-0.2, -0.15) is 0 Å². The van der Waals surface area contributed by atoms with Crippen LogP contribution in [0.5, 0.6) is 0 Å². The second-order valence-electron chi connectivity index (χ2n) is 10.6. The number of aromatic nitrogens is 2. The van der Waals surface area contributed by atoms with Crippen LogP contribution in [0.2, 0.25) is 0 Å². The summed E-state index contributed by atoms with van der Waals surface area (Å²) in [4.78, 5) is 7.65. The monoisotopic (exact) mass is 518 g/mol. The van der Waals surface area contributed by atoms with Crippen molar-refractivity contribution in [2.24, 2.45) is 0 Å². The molecule has 0 saturated carbocycles. The fraction of sp³-hybridized carbons (Fsp3) is 0.536. The second-order valence-corrected chi connectivity index (χ2v) is 10.6. The molecule has 0 aliphatic carbocycles. The van der Waals surface area contributed by atoms with Crippen LogP contribution in [0.15, 0.2) is 48.5 Å². The number of fused-ring (bicyclic) bond motifs is 3. The van der Waals surface area contributed by atoms with Crippen molar-refractivity contribution in [1.29, 1.82) is 0 Å². The summed E-state index contributed by atoms with van der Waals surface area (Å²) >= 11 is 0. The number of benzene rings is 2. The first-order valence-corrected chi connectivity index (χ1v) is 12.8. The molecule has 3 saturated heterocycles. The molecule has 4 heterocycles. The van der Waals surface area contributed by atoms with Crippen LogP contribution in [0, 0.1) is 12.7 Å². The highest BCUT2D eigenvalue weighted by atomic mass is 35.5. The van der Waals surface area contributed by atoms with Gasteiger partial charge in [0.1, 0.15) is 11.6 Å². The Hall–Kier alpha value is -1.66. The van der Waals surface area contributed by atoms with Crippen LogP contribution in [0.25, 0.3) is 11.0 Å². The maximum absolute atomic E-state index is 14.1. The third kappa shape index (κ3) is 4.85. The maximum atomic E-state index is 14.1. The van der Waals surface area contributed by atoms with Gasteiger partial charge in [-0.3, -0.25) is 4.90 Å². The van der Waals surface area contributed by atoms with Crippen molar-refractivity contribution in [3.8, 4) is 0 Å². The second kappa shape index (κ2) is 10.8. The Morgan fingerprint density at radius 1 is 0.971 bits per heavy atom. The molecule has 2 bridgehead atoms. The van der Waals surface area contributed by atoms with Crippen LogP contribution in [-0.2, 0) is 5.41 Å². The SMILES string of the molecule is Cc1nc2ccccc2n1C1C[C@H]2CC[C@H](C1)N2CCC1(c2cccc(F)c2)CCNCC1.Cl.Cl. The van der Waals surface area contributed by atoms with Crippen molar-refractivity contribution in [2.45, 2.75) is 75.4 Å². The van der Waals surface area contributed by atoms with Crippen molar-refractivity contribution >= 4 is 35.8 Å². The Morgan fingerprint density at radius 2 is 1.69 bits per heavy atom. The van der Waals surface area contributed by atoms with Gasteiger partial charge in [0.15, 0.2) is 0 Å². The standard InChI is InChI=1S/C28H35FN4.2ClH/c1-20-31-26-7-2-3-8-27(26)33(20)25-18-23-9-10-24(19-25)32(23)16-13-28(11-14-30-15-12-28)21-5-4-6-22(29)17-21;;/h2-8,17,23-25,30H,9-16,18-19H2,1H3;2*1H/t23-,24-;;/m1../s1. The lowest BCUT2D eigenvalue weighted by Crippen LogP contribution is -2.47. The van der Waals surface area contributed by atoms with E-state index in [1.807, 2.05) is 6.07 Å². The molecule has 0 radical (unpaired) electrons. The highest BCUT2D eigenvalue weighted by Crippen LogP contribution is 2.44. The number of hydrogen-bond donors (Lipinski definition) is 1. The minimum Gasteiger partial charge on any atom is -0.325 e. The quantitative estimate of drug-likeness (QED) is 0.435. The van der Waals surface area contributed by atoms with E-state index in [-0.39, 0.29) is 36.0 Å². The number of nitrogens with zero attached hydrogens (tertiary/aromatic N) is 3. The molecule has 1 N–H and O–H groups in total. The molecule has 190 valence electrons. The zero-order valence-corrected chi connectivity index (χ0v) is 22.1. The molecule has 3 aliphatic rings. The topological polar surface area (TPSA) is 33.1 Å². The summed E-state index contributed by atoms with van der Waals surface area (Å²) < 4.78 is 16.6. The molecule has 3 aliphatic heterocycles. The molecule has 4 nitrogen and oxygen atoms in total. The van der Waals surface area contributed by atoms with Gasteiger partial charge in [-0.25, -0.2) is 9.37 Å². The highest BCUT2D eigenvalue weighted by molar-refractivity contribution is 5.85. The fourth-order valence-corrected chi connectivity index (χ4v) is 7.20. The average Bonchev–Trinajstić information content (AvgIpc) is 3.29. The molecule has 3 fully saturated rings. The Labute approximate surface area is 220 Å². The van der Waals surface area contributed by atoms with E-state index in [0.717, 1.165) is 50.2 Å². The average molecular weight is 520 g/mol. The number of nitrogens with one attached hydrogen (secondary N) is 1. The van der Waals surface area contributed by atoms with Crippen molar-refractivity contribution in [3.63, 3.8) is 0 Å². The van der Waals surface area contributed by atoms with Crippen LogP contribution < -0.4 is 5.32 Å². The lowest BCUT2D eigenvalue weighted by molar-refractivity contribution is 0.0928. The van der Waals surface area contributed by atoms with Crippen LogP contribution in [0.1, 0.15) is 62.4 Å². The first-order valence-electron chi connectivity index (χ1n) is 12.8. The predicted octanol–water partition coefficient (Wildman–Crippen LogP) is 6.21. The van der Waals surface area contributed by atoms with Gasteiger partial charge in [0.25, 0.3) is 0 Å². The summed E-state index contributed by atoms with van der Waals surface area (Å²) in [5.41, 5.74) is 3.70. The van der Waals surface area contributed by atoms with Crippen molar-refractivity contribution < 1.29 is 4.39 Å². The first-order chi connectivity index (χ1) is 16.1. The molecule has 2 atom stereocenters. The number of hydrogen-bond acceptors (Lipinski definition) is 3. The van der Waals surface area contributed by atoms with E-state index in [1.165, 1.54) is 36.8 Å². The van der Waals surface area contributed by atoms with Gasteiger partial charge in [-0.05, 0) is 107 Å². The van der Waals surface area contributed by atoms with E-state index >= 15 is 0 Å². The van der Waals surface area contributed by atoms with Crippen molar-refractivity contribution in [1.82, 2.24) is 19.8 Å². The van der Waals surface area contributed by atoms with Gasteiger partial charge in [0, 0.05) is 18.1 Å². The zero-order chi connectivity index (χ0) is 22.4. The number of halogens is 3. The number of imidazole rings is 1.